The molecule has 0 radical (unpaired) electrons. The van der Waals surface area contributed by atoms with Gasteiger partial charge in [0.15, 0.2) is 11.1 Å². The average molecular weight is 394 g/mol. The minimum Gasteiger partial charge on any atom is -0.468 e. The highest BCUT2D eigenvalue weighted by Crippen LogP contribution is 2.33. The summed E-state index contributed by atoms with van der Waals surface area (Å²) in [6, 6.07) is 9.35. The van der Waals surface area contributed by atoms with E-state index in [0.717, 1.165) is 38.1 Å². The fourth-order valence-electron chi connectivity index (χ4n) is 3.22. The highest BCUT2D eigenvalue weighted by atomic mass is 32.2. The second kappa shape index (κ2) is 7.94. The van der Waals surface area contributed by atoms with Gasteiger partial charge in [0.2, 0.25) is 0 Å². The first-order valence-electron chi connectivity index (χ1n) is 9.05. The third kappa shape index (κ3) is 3.43. The number of aromatic nitrogens is 5. The van der Waals surface area contributed by atoms with Crippen LogP contribution >= 0.6 is 11.8 Å². The van der Waals surface area contributed by atoms with E-state index in [1.165, 1.54) is 18.9 Å². The number of nitriles is 1. The van der Waals surface area contributed by atoms with E-state index in [-0.39, 0.29) is 5.69 Å². The number of rotatable bonds is 4. The molecule has 1 atom stereocenters. The van der Waals surface area contributed by atoms with Crippen molar-refractivity contribution in [1.82, 2.24) is 24.7 Å². The molecule has 1 aliphatic heterocycles. The molecule has 8 nitrogen and oxygen atoms in total. The molecule has 0 bridgehead atoms. The normalized spacial score (nSPS) is 14.7. The molecule has 0 spiro atoms. The minimum absolute atomic E-state index is 0.282. The maximum absolute atomic E-state index is 12.2. The van der Waals surface area contributed by atoms with Crippen molar-refractivity contribution in [2.24, 2.45) is 0 Å². The maximum atomic E-state index is 12.2. The third-order valence-electron chi connectivity index (χ3n) is 4.67. The molecule has 28 heavy (non-hydrogen) atoms. The van der Waals surface area contributed by atoms with Gasteiger partial charge < -0.3 is 9.30 Å². The van der Waals surface area contributed by atoms with Gasteiger partial charge in [0.25, 0.3) is 0 Å². The lowest BCUT2D eigenvalue weighted by Crippen LogP contribution is -2.16. The van der Waals surface area contributed by atoms with Gasteiger partial charge in [-0.3, -0.25) is 4.79 Å². The number of fused-ring (bicyclic) bond motifs is 2. The number of para-hydroxylation sites is 2. The number of esters is 1. The van der Waals surface area contributed by atoms with E-state index in [1.807, 2.05) is 24.3 Å². The van der Waals surface area contributed by atoms with Crippen LogP contribution in [-0.2, 0) is 22.5 Å². The number of aryl methyl sites for hydroxylation is 1. The predicted molar refractivity (Wildman–Crippen MR) is 102 cm³/mol. The van der Waals surface area contributed by atoms with E-state index in [1.54, 1.807) is 6.07 Å². The van der Waals surface area contributed by atoms with Crippen LogP contribution in [0.15, 0.2) is 34.4 Å². The topological polar surface area (TPSA) is 107 Å². The van der Waals surface area contributed by atoms with Crippen molar-refractivity contribution in [2.75, 3.05) is 7.11 Å². The standard InChI is InChI=1S/C19H18N6O2S/c1-27-18(26)12(11-20)16-17(22-14-8-5-4-7-13(14)21-16)28-19-24-23-15-9-3-2-6-10-25(15)19/h4-5,7-8,12H,2-3,6,9-10H2,1H3. The molecule has 3 aromatic rings. The van der Waals surface area contributed by atoms with Gasteiger partial charge in [-0.05, 0) is 36.7 Å². The van der Waals surface area contributed by atoms with Gasteiger partial charge in [-0.2, -0.15) is 5.26 Å². The lowest BCUT2D eigenvalue weighted by Gasteiger charge is -2.13. The fourth-order valence-corrected chi connectivity index (χ4v) is 4.20. The number of carbonyl (C=O) groups excluding carboxylic acids is 1. The van der Waals surface area contributed by atoms with Crippen molar-refractivity contribution in [2.45, 2.75) is 48.3 Å². The molecule has 0 saturated carbocycles. The van der Waals surface area contributed by atoms with E-state index in [2.05, 4.69) is 24.7 Å². The number of benzene rings is 1. The molecule has 9 heteroatoms. The fraction of sp³-hybridized carbons (Fsp3) is 0.368. The zero-order chi connectivity index (χ0) is 19.5. The van der Waals surface area contributed by atoms with Crippen LogP contribution in [0.25, 0.3) is 11.0 Å². The number of methoxy groups -OCH3 is 1. The van der Waals surface area contributed by atoms with Crippen LogP contribution in [0, 0.1) is 11.3 Å². The van der Waals surface area contributed by atoms with Gasteiger partial charge in [0.05, 0.1) is 24.2 Å². The smallest absolute Gasteiger partial charge is 0.329 e. The largest absolute Gasteiger partial charge is 0.468 e. The van der Waals surface area contributed by atoms with Crippen molar-refractivity contribution in [3.05, 3.63) is 35.8 Å². The molecule has 1 aliphatic rings. The molecule has 1 aromatic carbocycles. The monoisotopic (exact) mass is 394 g/mol. The third-order valence-corrected chi connectivity index (χ3v) is 5.65. The van der Waals surface area contributed by atoms with Crippen molar-refractivity contribution in [3.63, 3.8) is 0 Å². The second-order valence-corrected chi connectivity index (χ2v) is 7.41. The Hall–Kier alpha value is -2.99. The molecule has 1 unspecified atom stereocenters. The Morgan fingerprint density at radius 1 is 1.21 bits per heavy atom. The number of ether oxygens (including phenoxy) is 1. The highest BCUT2D eigenvalue weighted by molar-refractivity contribution is 7.99. The van der Waals surface area contributed by atoms with Gasteiger partial charge in [0.1, 0.15) is 16.5 Å². The van der Waals surface area contributed by atoms with Crippen LogP contribution < -0.4 is 0 Å². The van der Waals surface area contributed by atoms with Gasteiger partial charge >= 0.3 is 5.97 Å². The lowest BCUT2D eigenvalue weighted by atomic mass is 10.1. The van der Waals surface area contributed by atoms with Gasteiger partial charge in [-0.25, -0.2) is 9.97 Å². The number of hydrogen-bond acceptors (Lipinski definition) is 8. The molecule has 0 N–H and O–H groups in total. The summed E-state index contributed by atoms with van der Waals surface area (Å²) in [5.41, 5.74) is 1.58. The summed E-state index contributed by atoms with van der Waals surface area (Å²) in [5, 5.41) is 19.4. The number of carbonyl (C=O) groups is 1. The van der Waals surface area contributed by atoms with E-state index < -0.39 is 11.9 Å². The number of hydrogen-bond donors (Lipinski definition) is 0. The second-order valence-electron chi connectivity index (χ2n) is 6.45. The highest BCUT2D eigenvalue weighted by Gasteiger charge is 2.29. The summed E-state index contributed by atoms with van der Waals surface area (Å²) in [4.78, 5) is 21.4. The molecule has 2 aromatic heterocycles. The van der Waals surface area contributed by atoms with Crippen LogP contribution in [0.4, 0.5) is 0 Å². The predicted octanol–water partition coefficient (Wildman–Crippen LogP) is 2.88. The molecule has 3 heterocycles. The molecule has 0 aliphatic carbocycles. The Kier molecular flexibility index (Phi) is 5.21. The lowest BCUT2D eigenvalue weighted by molar-refractivity contribution is -0.141. The molecular weight excluding hydrogens is 376 g/mol. The molecular formula is C19H18N6O2S. The number of nitrogens with zero attached hydrogens (tertiary/aromatic N) is 6. The Labute approximate surface area is 166 Å². The van der Waals surface area contributed by atoms with Gasteiger partial charge in [0, 0.05) is 13.0 Å². The Morgan fingerprint density at radius 3 is 2.75 bits per heavy atom. The first kappa shape index (κ1) is 18.4. The Balaban J connectivity index is 1.81. The Morgan fingerprint density at radius 2 is 2.00 bits per heavy atom. The van der Waals surface area contributed by atoms with E-state index in [9.17, 15) is 10.1 Å². The van der Waals surface area contributed by atoms with E-state index in [0.29, 0.717) is 21.2 Å². The van der Waals surface area contributed by atoms with Crippen LogP contribution in [0.5, 0.6) is 0 Å². The summed E-state index contributed by atoms with van der Waals surface area (Å²) in [6.07, 6.45) is 4.22. The van der Waals surface area contributed by atoms with Gasteiger partial charge in [-0.15, -0.1) is 10.2 Å². The maximum Gasteiger partial charge on any atom is 0.329 e. The summed E-state index contributed by atoms with van der Waals surface area (Å²) in [5.74, 6) is -0.856. The molecule has 0 fully saturated rings. The molecule has 0 saturated heterocycles. The average Bonchev–Trinajstić information content (AvgIpc) is 2.94. The first-order chi connectivity index (χ1) is 13.7. The van der Waals surface area contributed by atoms with Crippen molar-refractivity contribution in [3.8, 4) is 6.07 Å². The quantitative estimate of drug-likeness (QED) is 0.622. The summed E-state index contributed by atoms with van der Waals surface area (Å²) < 4.78 is 6.89. The van der Waals surface area contributed by atoms with Crippen LogP contribution in [0.2, 0.25) is 0 Å². The first-order valence-corrected chi connectivity index (χ1v) is 9.87. The molecule has 142 valence electrons. The SMILES string of the molecule is COC(=O)C(C#N)c1nc2ccccc2nc1Sc1nnc2n1CCCCC2. The molecule has 4 rings (SSSR count). The zero-order valence-corrected chi connectivity index (χ0v) is 16.1. The van der Waals surface area contributed by atoms with Crippen molar-refractivity contribution < 1.29 is 9.53 Å². The summed E-state index contributed by atoms with van der Waals surface area (Å²) in [7, 11) is 1.26. The van der Waals surface area contributed by atoms with E-state index >= 15 is 0 Å². The Bertz CT molecular complexity index is 1070. The van der Waals surface area contributed by atoms with Crippen molar-refractivity contribution in [1.29, 1.82) is 5.26 Å². The molecule has 0 amide bonds. The summed E-state index contributed by atoms with van der Waals surface area (Å²) in [6.45, 7) is 0.847. The van der Waals surface area contributed by atoms with Crippen LogP contribution in [0.3, 0.4) is 0 Å². The van der Waals surface area contributed by atoms with Crippen molar-refractivity contribution >= 4 is 28.8 Å². The zero-order valence-electron chi connectivity index (χ0n) is 15.3. The van der Waals surface area contributed by atoms with Crippen LogP contribution in [0.1, 0.15) is 36.7 Å². The van der Waals surface area contributed by atoms with Crippen LogP contribution in [-0.4, -0.2) is 37.8 Å². The summed E-state index contributed by atoms with van der Waals surface area (Å²) >= 11 is 1.29. The van der Waals surface area contributed by atoms with E-state index in [4.69, 9.17) is 4.74 Å². The van der Waals surface area contributed by atoms with Gasteiger partial charge in [-0.1, -0.05) is 18.6 Å². The minimum atomic E-state index is -1.16.